The molecule has 0 N–H and O–H groups in total. The number of ether oxygens (including phenoxy) is 3. The van der Waals surface area contributed by atoms with Crippen LogP contribution in [0.5, 0.6) is 0 Å². The molecule has 0 spiro atoms. The van der Waals surface area contributed by atoms with E-state index in [1.165, 1.54) is 25.7 Å². The average molecular weight is 256 g/mol. The highest BCUT2D eigenvalue weighted by Crippen LogP contribution is 2.29. The van der Waals surface area contributed by atoms with Crippen molar-refractivity contribution in [1.82, 2.24) is 0 Å². The molecule has 18 heavy (non-hydrogen) atoms. The van der Waals surface area contributed by atoms with Crippen molar-refractivity contribution < 1.29 is 19.0 Å². The first-order chi connectivity index (χ1) is 8.59. The molecule has 0 aromatic heterocycles. The van der Waals surface area contributed by atoms with Gasteiger partial charge in [-0.1, -0.05) is 32.6 Å². The molecule has 104 valence electrons. The van der Waals surface area contributed by atoms with Crippen LogP contribution in [0.2, 0.25) is 0 Å². The second-order valence-electron chi connectivity index (χ2n) is 5.69. The number of rotatable bonds is 9. The first-order valence-corrected chi connectivity index (χ1v) is 7.07. The molecule has 2 heterocycles. The number of carbonyl (C=O) groups is 1. The summed E-state index contributed by atoms with van der Waals surface area (Å²) in [5.74, 6) is -0.755. The lowest BCUT2D eigenvalue weighted by molar-refractivity contribution is -0.161. The maximum Gasteiger partial charge on any atom is 0.311 e. The van der Waals surface area contributed by atoms with Crippen LogP contribution in [0.1, 0.15) is 52.4 Å². The molecular formula is C14H24O4. The second-order valence-corrected chi connectivity index (χ2v) is 5.69. The fourth-order valence-electron chi connectivity index (χ4n) is 2.00. The molecule has 0 aromatic carbocycles. The molecule has 3 unspecified atom stereocenters. The maximum atomic E-state index is 11.7. The van der Waals surface area contributed by atoms with Gasteiger partial charge >= 0.3 is 5.97 Å². The standard InChI is InChI=1S/C14H24O4/c1-11(13(15)18-14(2)10-17-14)7-5-3-4-6-8-12-9-16-12/h11-12H,3-10H2,1-2H3. The fraction of sp³-hybridized carbons (Fsp3) is 0.929. The molecule has 0 aromatic rings. The van der Waals surface area contributed by atoms with Gasteiger partial charge in [-0.2, -0.15) is 0 Å². The van der Waals surface area contributed by atoms with Crippen LogP contribution in [0.15, 0.2) is 0 Å². The minimum Gasteiger partial charge on any atom is -0.431 e. The van der Waals surface area contributed by atoms with Crippen molar-refractivity contribution in [2.75, 3.05) is 13.2 Å². The number of unbranched alkanes of at least 4 members (excludes halogenated alkanes) is 3. The molecule has 0 amide bonds. The van der Waals surface area contributed by atoms with Crippen LogP contribution in [-0.2, 0) is 19.0 Å². The molecule has 0 radical (unpaired) electrons. The summed E-state index contributed by atoms with van der Waals surface area (Å²) in [5.41, 5.74) is 0. The summed E-state index contributed by atoms with van der Waals surface area (Å²) in [6.45, 7) is 5.24. The largest absolute Gasteiger partial charge is 0.431 e. The van der Waals surface area contributed by atoms with Crippen molar-refractivity contribution >= 4 is 5.97 Å². The Balaban J connectivity index is 1.45. The predicted octanol–water partition coefficient (Wildman–Crippen LogP) is 2.65. The number of esters is 1. The molecule has 2 aliphatic heterocycles. The molecular weight excluding hydrogens is 232 g/mol. The molecule has 4 heteroatoms. The normalized spacial score (nSPS) is 30.9. The van der Waals surface area contributed by atoms with Crippen molar-refractivity contribution in [1.29, 1.82) is 0 Å². The van der Waals surface area contributed by atoms with Crippen molar-refractivity contribution in [3.63, 3.8) is 0 Å². The monoisotopic (exact) mass is 256 g/mol. The Bertz CT molecular complexity index is 282. The van der Waals surface area contributed by atoms with Gasteiger partial charge in [-0.3, -0.25) is 4.79 Å². The Labute approximate surface area is 109 Å². The van der Waals surface area contributed by atoms with Crippen molar-refractivity contribution in [3.8, 4) is 0 Å². The van der Waals surface area contributed by atoms with Crippen LogP contribution in [0.25, 0.3) is 0 Å². The highest BCUT2D eigenvalue weighted by Gasteiger charge is 2.44. The second kappa shape index (κ2) is 6.02. The molecule has 0 saturated carbocycles. The summed E-state index contributed by atoms with van der Waals surface area (Å²) in [5, 5.41) is 0. The van der Waals surface area contributed by atoms with E-state index in [4.69, 9.17) is 14.2 Å². The van der Waals surface area contributed by atoms with Gasteiger partial charge in [0.2, 0.25) is 5.79 Å². The molecule has 0 aliphatic carbocycles. The van der Waals surface area contributed by atoms with Crippen molar-refractivity contribution in [3.05, 3.63) is 0 Å². The molecule has 2 saturated heterocycles. The SMILES string of the molecule is CC(CCCCCCC1CO1)C(=O)OC1(C)CO1. The number of hydrogen-bond donors (Lipinski definition) is 0. The molecule has 2 fully saturated rings. The van der Waals surface area contributed by atoms with E-state index in [1.807, 2.05) is 6.92 Å². The van der Waals surface area contributed by atoms with Gasteiger partial charge in [0, 0.05) is 6.92 Å². The lowest BCUT2D eigenvalue weighted by Gasteiger charge is -2.13. The molecule has 3 atom stereocenters. The van der Waals surface area contributed by atoms with E-state index >= 15 is 0 Å². The minimum absolute atomic E-state index is 0.0159. The Morgan fingerprint density at radius 3 is 2.67 bits per heavy atom. The van der Waals surface area contributed by atoms with Crippen molar-refractivity contribution in [2.45, 2.75) is 64.3 Å². The van der Waals surface area contributed by atoms with E-state index in [0.717, 1.165) is 19.4 Å². The number of carbonyl (C=O) groups excluding carboxylic acids is 1. The fourth-order valence-corrected chi connectivity index (χ4v) is 2.00. The third-order valence-electron chi connectivity index (χ3n) is 3.59. The van der Waals surface area contributed by atoms with E-state index in [0.29, 0.717) is 12.7 Å². The van der Waals surface area contributed by atoms with Gasteiger partial charge in [0.05, 0.1) is 18.6 Å². The third-order valence-corrected chi connectivity index (χ3v) is 3.59. The number of hydrogen-bond acceptors (Lipinski definition) is 4. The first-order valence-electron chi connectivity index (χ1n) is 7.07. The molecule has 2 aliphatic rings. The van der Waals surface area contributed by atoms with E-state index < -0.39 is 5.79 Å². The highest BCUT2D eigenvalue weighted by molar-refractivity contribution is 5.72. The van der Waals surface area contributed by atoms with Crippen LogP contribution in [-0.4, -0.2) is 31.1 Å². The Kier molecular flexibility index (Phi) is 4.62. The summed E-state index contributed by atoms with van der Waals surface area (Å²) in [6, 6.07) is 0. The van der Waals surface area contributed by atoms with Gasteiger partial charge < -0.3 is 14.2 Å². The molecule has 4 nitrogen and oxygen atoms in total. The van der Waals surface area contributed by atoms with Gasteiger partial charge in [0.15, 0.2) is 0 Å². The van der Waals surface area contributed by atoms with E-state index in [2.05, 4.69) is 0 Å². The molecule has 2 rings (SSSR count). The summed E-state index contributed by atoms with van der Waals surface area (Å²) >= 11 is 0. The van der Waals surface area contributed by atoms with E-state index in [9.17, 15) is 4.79 Å². The van der Waals surface area contributed by atoms with Crippen LogP contribution in [0.3, 0.4) is 0 Å². The lowest BCUT2D eigenvalue weighted by atomic mass is 10.0. The zero-order chi connectivity index (χ0) is 13.0. The van der Waals surface area contributed by atoms with Crippen LogP contribution in [0, 0.1) is 5.92 Å². The summed E-state index contributed by atoms with van der Waals surface area (Å²) in [6.07, 6.45) is 7.44. The summed E-state index contributed by atoms with van der Waals surface area (Å²) in [4.78, 5) is 11.7. The van der Waals surface area contributed by atoms with E-state index in [-0.39, 0.29) is 11.9 Å². The zero-order valence-electron chi connectivity index (χ0n) is 11.4. The zero-order valence-corrected chi connectivity index (χ0v) is 11.4. The van der Waals surface area contributed by atoms with Gasteiger partial charge in [-0.25, -0.2) is 0 Å². The van der Waals surface area contributed by atoms with Crippen molar-refractivity contribution in [2.24, 2.45) is 5.92 Å². The van der Waals surface area contributed by atoms with Crippen LogP contribution >= 0.6 is 0 Å². The average Bonchev–Trinajstić information content (AvgIpc) is 3.22. The van der Waals surface area contributed by atoms with Crippen LogP contribution < -0.4 is 0 Å². The Morgan fingerprint density at radius 2 is 2.06 bits per heavy atom. The summed E-state index contributed by atoms with van der Waals surface area (Å²) < 4.78 is 15.5. The highest BCUT2D eigenvalue weighted by atomic mass is 16.8. The minimum atomic E-state index is -0.615. The predicted molar refractivity (Wildman–Crippen MR) is 67.1 cm³/mol. The van der Waals surface area contributed by atoms with Gasteiger partial charge in [-0.05, 0) is 12.8 Å². The number of epoxide rings is 2. The Hall–Kier alpha value is -0.610. The lowest BCUT2D eigenvalue weighted by Crippen LogP contribution is -2.22. The van der Waals surface area contributed by atoms with Gasteiger partial charge in [0.25, 0.3) is 0 Å². The first kappa shape index (κ1) is 13.8. The quantitative estimate of drug-likeness (QED) is 0.361. The molecule has 0 bridgehead atoms. The summed E-state index contributed by atoms with van der Waals surface area (Å²) in [7, 11) is 0. The van der Waals surface area contributed by atoms with Gasteiger partial charge in [-0.15, -0.1) is 0 Å². The van der Waals surface area contributed by atoms with E-state index in [1.54, 1.807) is 6.92 Å². The smallest absolute Gasteiger partial charge is 0.311 e. The van der Waals surface area contributed by atoms with Gasteiger partial charge in [0.1, 0.15) is 6.61 Å². The maximum absolute atomic E-state index is 11.7. The third kappa shape index (κ3) is 4.94. The van der Waals surface area contributed by atoms with Crippen LogP contribution in [0.4, 0.5) is 0 Å². The Morgan fingerprint density at radius 1 is 1.39 bits per heavy atom. The topological polar surface area (TPSA) is 51.4 Å².